The number of para-hydroxylation sites is 2. The molecule has 0 spiro atoms. The Kier molecular flexibility index (Phi) is 4.21. The molecule has 0 fully saturated rings. The molecule has 0 amide bonds. The molecule has 0 bridgehead atoms. The lowest BCUT2D eigenvalue weighted by Crippen LogP contribution is -2.27. The van der Waals surface area contributed by atoms with Crippen molar-refractivity contribution in [3.05, 3.63) is 59.9 Å². The molecule has 1 heterocycles. The van der Waals surface area contributed by atoms with Crippen molar-refractivity contribution in [2.24, 2.45) is 0 Å². The summed E-state index contributed by atoms with van der Waals surface area (Å²) in [6.45, 7) is 1.52. The summed E-state index contributed by atoms with van der Waals surface area (Å²) < 4.78 is 26.6. The van der Waals surface area contributed by atoms with Crippen molar-refractivity contribution in [2.75, 3.05) is 7.05 Å². The molecule has 124 valence electrons. The summed E-state index contributed by atoms with van der Waals surface area (Å²) in [6.07, 6.45) is 0. The molecule has 3 rings (SSSR count). The van der Waals surface area contributed by atoms with E-state index >= 15 is 0 Å². The van der Waals surface area contributed by atoms with Crippen LogP contribution in [-0.2, 0) is 16.6 Å². The second kappa shape index (κ2) is 6.18. The van der Waals surface area contributed by atoms with E-state index in [4.69, 9.17) is 0 Å². The summed E-state index contributed by atoms with van der Waals surface area (Å²) in [5.74, 6) is 0.386. The fraction of sp³-hybridized carbons (Fsp3) is 0.176. The fourth-order valence-corrected chi connectivity index (χ4v) is 3.61. The van der Waals surface area contributed by atoms with E-state index in [0.717, 1.165) is 11.0 Å². The van der Waals surface area contributed by atoms with Gasteiger partial charge >= 0.3 is 0 Å². The Bertz CT molecular complexity index is 976. The minimum absolute atomic E-state index is 0.0915. The van der Waals surface area contributed by atoms with Gasteiger partial charge in [-0.05, 0) is 31.2 Å². The lowest BCUT2D eigenvalue weighted by Gasteiger charge is -2.16. The number of hydrogen-bond donors (Lipinski definition) is 1. The molecule has 1 aromatic heterocycles. The van der Waals surface area contributed by atoms with Gasteiger partial charge in [-0.25, -0.2) is 13.4 Å². The Morgan fingerprint density at radius 2 is 1.92 bits per heavy atom. The molecule has 0 saturated heterocycles. The molecule has 2 aromatic carbocycles. The zero-order valence-electron chi connectivity index (χ0n) is 13.4. The van der Waals surface area contributed by atoms with E-state index in [1.54, 1.807) is 12.1 Å². The Balaban J connectivity index is 1.88. The van der Waals surface area contributed by atoms with E-state index in [2.05, 4.69) is 9.97 Å². The number of nitrogens with one attached hydrogen (secondary N) is 1. The van der Waals surface area contributed by atoms with E-state index in [-0.39, 0.29) is 17.2 Å². The first-order valence-electron chi connectivity index (χ1n) is 7.39. The molecule has 6 nitrogen and oxygen atoms in total. The molecule has 24 heavy (non-hydrogen) atoms. The van der Waals surface area contributed by atoms with Crippen LogP contribution < -0.4 is 0 Å². The number of carbonyl (C=O) groups is 1. The number of aromatic amines is 1. The van der Waals surface area contributed by atoms with Crippen LogP contribution in [0.2, 0.25) is 0 Å². The van der Waals surface area contributed by atoms with Crippen molar-refractivity contribution in [2.45, 2.75) is 18.4 Å². The van der Waals surface area contributed by atoms with Gasteiger partial charge in [-0.1, -0.05) is 24.3 Å². The van der Waals surface area contributed by atoms with Crippen molar-refractivity contribution < 1.29 is 13.2 Å². The third-order valence-corrected chi connectivity index (χ3v) is 5.56. The van der Waals surface area contributed by atoms with E-state index in [1.807, 2.05) is 24.3 Å². The van der Waals surface area contributed by atoms with Crippen LogP contribution in [0.15, 0.2) is 53.4 Å². The number of H-pyrrole nitrogens is 1. The topological polar surface area (TPSA) is 83.1 Å². The lowest BCUT2D eigenvalue weighted by atomic mass is 10.2. The van der Waals surface area contributed by atoms with Gasteiger partial charge in [0.05, 0.1) is 22.5 Å². The highest BCUT2D eigenvalue weighted by molar-refractivity contribution is 7.89. The average molecular weight is 343 g/mol. The molecule has 0 aliphatic heterocycles. The molecule has 0 radical (unpaired) electrons. The fourth-order valence-electron chi connectivity index (χ4n) is 2.43. The third kappa shape index (κ3) is 3.08. The van der Waals surface area contributed by atoms with Crippen LogP contribution in [0.3, 0.4) is 0 Å². The van der Waals surface area contributed by atoms with Gasteiger partial charge in [-0.2, -0.15) is 4.31 Å². The van der Waals surface area contributed by atoms with Gasteiger partial charge in [-0.15, -0.1) is 0 Å². The van der Waals surface area contributed by atoms with Crippen molar-refractivity contribution in [1.29, 1.82) is 0 Å². The van der Waals surface area contributed by atoms with Crippen molar-refractivity contribution in [3.8, 4) is 0 Å². The first-order valence-corrected chi connectivity index (χ1v) is 8.83. The van der Waals surface area contributed by atoms with E-state index in [0.29, 0.717) is 11.4 Å². The molecule has 0 aliphatic carbocycles. The SMILES string of the molecule is CC(=O)c1cccc(S(=O)(=O)N(C)Cc2nc3ccccc3[nH]2)c1. The van der Waals surface area contributed by atoms with Gasteiger partial charge in [0.15, 0.2) is 5.78 Å². The number of Topliss-reactive ketones (excluding diaryl/α,β-unsaturated/α-hetero) is 1. The number of aromatic nitrogens is 2. The van der Waals surface area contributed by atoms with Crippen LogP contribution in [0.25, 0.3) is 11.0 Å². The van der Waals surface area contributed by atoms with Crippen molar-refractivity contribution >= 4 is 26.8 Å². The lowest BCUT2D eigenvalue weighted by molar-refractivity contribution is 0.101. The number of fused-ring (bicyclic) bond motifs is 1. The van der Waals surface area contributed by atoms with Gasteiger partial charge in [0.25, 0.3) is 0 Å². The summed E-state index contributed by atoms with van der Waals surface area (Å²) in [4.78, 5) is 19.1. The monoisotopic (exact) mass is 343 g/mol. The minimum atomic E-state index is -3.71. The number of nitrogens with zero attached hydrogens (tertiary/aromatic N) is 2. The Morgan fingerprint density at radius 3 is 2.62 bits per heavy atom. The van der Waals surface area contributed by atoms with E-state index in [1.165, 1.54) is 30.4 Å². The number of imidazole rings is 1. The number of benzene rings is 2. The van der Waals surface area contributed by atoms with Gasteiger partial charge in [0.2, 0.25) is 10.0 Å². The van der Waals surface area contributed by atoms with Crippen LogP contribution in [0.4, 0.5) is 0 Å². The molecule has 1 N–H and O–H groups in total. The van der Waals surface area contributed by atoms with E-state index in [9.17, 15) is 13.2 Å². The summed E-state index contributed by atoms with van der Waals surface area (Å²) in [6, 6.07) is 13.6. The standard InChI is InChI=1S/C17H17N3O3S/c1-12(21)13-6-5-7-14(10-13)24(22,23)20(2)11-17-18-15-8-3-4-9-16(15)19-17/h3-10H,11H2,1-2H3,(H,18,19). The van der Waals surface area contributed by atoms with Crippen LogP contribution in [0, 0.1) is 0 Å². The molecular weight excluding hydrogens is 326 g/mol. The normalized spacial score (nSPS) is 12.0. The number of ketones is 1. The Labute approximate surface area is 140 Å². The summed E-state index contributed by atoms with van der Waals surface area (Å²) >= 11 is 0. The minimum Gasteiger partial charge on any atom is -0.341 e. The first-order chi connectivity index (χ1) is 11.4. The third-order valence-electron chi connectivity index (χ3n) is 3.76. The number of rotatable bonds is 5. The predicted octanol–water partition coefficient (Wildman–Crippen LogP) is 2.59. The summed E-state index contributed by atoms with van der Waals surface area (Å²) in [5.41, 5.74) is 2.02. The highest BCUT2D eigenvalue weighted by Crippen LogP contribution is 2.19. The first kappa shape index (κ1) is 16.4. The molecule has 0 aliphatic rings. The maximum absolute atomic E-state index is 12.7. The molecule has 0 atom stereocenters. The largest absolute Gasteiger partial charge is 0.341 e. The van der Waals surface area contributed by atoms with Crippen molar-refractivity contribution in [3.63, 3.8) is 0 Å². The second-order valence-electron chi connectivity index (χ2n) is 5.55. The zero-order valence-corrected chi connectivity index (χ0v) is 14.2. The Hall–Kier alpha value is -2.51. The van der Waals surface area contributed by atoms with Crippen LogP contribution in [-0.4, -0.2) is 35.5 Å². The predicted molar refractivity (Wildman–Crippen MR) is 91.2 cm³/mol. The maximum Gasteiger partial charge on any atom is 0.243 e. The quantitative estimate of drug-likeness (QED) is 0.722. The van der Waals surface area contributed by atoms with Crippen LogP contribution in [0.1, 0.15) is 23.1 Å². The molecule has 0 unspecified atom stereocenters. The Morgan fingerprint density at radius 1 is 1.17 bits per heavy atom. The summed E-state index contributed by atoms with van der Waals surface area (Å²) in [5, 5.41) is 0. The highest BCUT2D eigenvalue weighted by Gasteiger charge is 2.22. The highest BCUT2D eigenvalue weighted by atomic mass is 32.2. The van der Waals surface area contributed by atoms with Crippen molar-refractivity contribution in [1.82, 2.24) is 14.3 Å². The van der Waals surface area contributed by atoms with Gasteiger partial charge < -0.3 is 4.98 Å². The average Bonchev–Trinajstić information content (AvgIpc) is 2.97. The number of carbonyl (C=O) groups excluding carboxylic acids is 1. The number of hydrogen-bond acceptors (Lipinski definition) is 4. The van der Waals surface area contributed by atoms with Gasteiger partial charge in [-0.3, -0.25) is 4.79 Å². The molecular formula is C17H17N3O3S. The zero-order chi connectivity index (χ0) is 17.3. The number of sulfonamides is 1. The van der Waals surface area contributed by atoms with Crippen LogP contribution in [0.5, 0.6) is 0 Å². The van der Waals surface area contributed by atoms with Gasteiger partial charge in [0.1, 0.15) is 5.82 Å². The molecule has 3 aromatic rings. The second-order valence-corrected chi connectivity index (χ2v) is 7.59. The maximum atomic E-state index is 12.7. The van der Waals surface area contributed by atoms with Gasteiger partial charge in [0, 0.05) is 12.6 Å². The molecule has 0 saturated carbocycles. The van der Waals surface area contributed by atoms with Crippen LogP contribution >= 0.6 is 0 Å². The van der Waals surface area contributed by atoms with E-state index < -0.39 is 10.0 Å². The molecule has 7 heteroatoms. The smallest absolute Gasteiger partial charge is 0.243 e. The summed E-state index contributed by atoms with van der Waals surface area (Å²) in [7, 11) is -2.22.